The van der Waals surface area contributed by atoms with E-state index in [2.05, 4.69) is 24.3 Å². The zero-order chi connectivity index (χ0) is 19.3. The zero-order valence-electron chi connectivity index (χ0n) is 16.8. The Kier molecular flexibility index (Phi) is 6.39. The molecule has 0 heterocycles. The summed E-state index contributed by atoms with van der Waals surface area (Å²) >= 11 is 0. The molecule has 0 atom stereocenters. The third-order valence-corrected chi connectivity index (χ3v) is 6.92. The molecule has 0 saturated heterocycles. The molecular formula is C24H34O3. The van der Waals surface area contributed by atoms with Crippen LogP contribution in [0.3, 0.4) is 0 Å². The van der Waals surface area contributed by atoms with Crippen LogP contribution in [0.2, 0.25) is 0 Å². The van der Waals surface area contributed by atoms with Gasteiger partial charge in [0, 0.05) is 5.41 Å². The van der Waals surface area contributed by atoms with Gasteiger partial charge in [-0.3, -0.25) is 9.59 Å². The second-order valence-corrected chi connectivity index (χ2v) is 9.01. The molecule has 0 aliphatic heterocycles. The molecule has 148 valence electrons. The van der Waals surface area contributed by atoms with E-state index in [1.165, 1.54) is 30.4 Å². The summed E-state index contributed by atoms with van der Waals surface area (Å²) in [6.45, 7) is 1.75. The van der Waals surface area contributed by atoms with Gasteiger partial charge in [0.15, 0.2) is 0 Å². The highest BCUT2D eigenvalue weighted by atomic mass is 16.4. The molecule has 1 aromatic carbocycles. The number of carboxylic acids is 1. The number of ketones is 1. The van der Waals surface area contributed by atoms with Crippen LogP contribution in [-0.2, 0) is 22.4 Å². The lowest BCUT2D eigenvalue weighted by Crippen LogP contribution is -2.14. The highest BCUT2D eigenvalue weighted by molar-refractivity contribution is 5.84. The van der Waals surface area contributed by atoms with Crippen molar-refractivity contribution >= 4 is 11.8 Å². The molecule has 3 rings (SSSR count). The zero-order valence-corrected chi connectivity index (χ0v) is 16.8. The van der Waals surface area contributed by atoms with E-state index in [0.29, 0.717) is 5.78 Å². The predicted molar refractivity (Wildman–Crippen MR) is 108 cm³/mol. The first kappa shape index (κ1) is 20.1. The largest absolute Gasteiger partial charge is 0.481 e. The number of hydrogen-bond acceptors (Lipinski definition) is 2. The number of aryl methyl sites for hydroxylation is 2. The van der Waals surface area contributed by atoms with E-state index < -0.39 is 5.97 Å². The fraction of sp³-hybridized carbons (Fsp3) is 0.667. The summed E-state index contributed by atoms with van der Waals surface area (Å²) in [5, 5.41) is 9.21. The molecule has 0 unspecified atom stereocenters. The molecule has 2 saturated carbocycles. The molecule has 0 radical (unpaired) electrons. The van der Waals surface area contributed by atoms with E-state index in [1.54, 1.807) is 6.92 Å². The smallest absolute Gasteiger partial charge is 0.309 e. The Balaban J connectivity index is 1.27. The third kappa shape index (κ3) is 5.43. The Bertz CT molecular complexity index is 651. The van der Waals surface area contributed by atoms with Crippen LogP contribution in [0.25, 0.3) is 0 Å². The van der Waals surface area contributed by atoms with Crippen molar-refractivity contribution in [2.45, 2.75) is 90.4 Å². The van der Waals surface area contributed by atoms with Crippen LogP contribution in [-0.4, -0.2) is 16.9 Å². The van der Waals surface area contributed by atoms with Gasteiger partial charge in [0.05, 0.1) is 5.41 Å². The second-order valence-electron chi connectivity index (χ2n) is 9.01. The van der Waals surface area contributed by atoms with Gasteiger partial charge < -0.3 is 5.11 Å². The molecule has 0 aromatic heterocycles. The van der Waals surface area contributed by atoms with Gasteiger partial charge in [-0.05, 0) is 82.3 Å². The van der Waals surface area contributed by atoms with E-state index in [4.69, 9.17) is 0 Å². The van der Waals surface area contributed by atoms with Crippen LogP contribution in [0.5, 0.6) is 0 Å². The van der Waals surface area contributed by atoms with Crippen molar-refractivity contribution in [1.82, 2.24) is 0 Å². The first-order chi connectivity index (χ1) is 13.0. The SMILES string of the molecule is CC(=O)C1(CCCCCc2ccc(CCCCC3(C(=O)O)CC3)cc2)CC1. The number of aliphatic carboxylic acids is 1. The van der Waals surface area contributed by atoms with Gasteiger partial charge >= 0.3 is 5.97 Å². The van der Waals surface area contributed by atoms with Crippen molar-refractivity contribution in [1.29, 1.82) is 0 Å². The highest BCUT2D eigenvalue weighted by Gasteiger charge is 2.49. The predicted octanol–water partition coefficient (Wildman–Crippen LogP) is 5.74. The number of carbonyl (C=O) groups excluding carboxylic acids is 1. The average Bonchev–Trinajstić information content (AvgIpc) is 3.55. The normalized spacial score (nSPS) is 18.9. The van der Waals surface area contributed by atoms with Crippen molar-refractivity contribution in [2.24, 2.45) is 10.8 Å². The average molecular weight is 371 g/mol. The number of unbranched alkanes of at least 4 members (excludes halogenated alkanes) is 3. The lowest BCUT2D eigenvalue weighted by Gasteiger charge is -2.10. The third-order valence-electron chi connectivity index (χ3n) is 6.92. The topological polar surface area (TPSA) is 54.4 Å². The van der Waals surface area contributed by atoms with Gasteiger partial charge in [-0.2, -0.15) is 0 Å². The summed E-state index contributed by atoms with van der Waals surface area (Å²) in [7, 11) is 0. The molecule has 27 heavy (non-hydrogen) atoms. The van der Waals surface area contributed by atoms with Crippen molar-refractivity contribution in [3.05, 3.63) is 35.4 Å². The Morgan fingerprint density at radius 1 is 0.778 bits per heavy atom. The van der Waals surface area contributed by atoms with Gasteiger partial charge in [-0.15, -0.1) is 0 Å². The quantitative estimate of drug-likeness (QED) is 0.451. The molecule has 0 spiro atoms. The summed E-state index contributed by atoms with van der Waals surface area (Å²) in [6, 6.07) is 8.95. The summed E-state index contributed by atoms with van der Waals surface area (Å²) < 4.78 is 0. The Hall–Kier alpha value is -1.64. The number of Topliss-reactive ketones (excluding diaryl/α,β-unsaturated/α-hetero) is 1. The van der Waals surface area contributed by atoms with Crippen molar-refractivity contribution in [3.63, 3.8) is 0 Å². The molecule has 2 fully saturated rings. The molecule has 3 heteroatoms. The number of rotatable bonds is 13. The Labute approximate surface area is 163 Å². The monoisotopic (exact) mass is 370 g/mol. The summed E-state index contributed by atoms with van der Waals surface area (Å²) in [5.74, 6) is -0.200. The Morgan fingerprint density at radius 3 is 1.67 bits per heavy atom. The van der Waals surface area contributed by atoms with E-state index in [9.17, 15) is 14.7 Å². The molecule has 2 aliphatic rings. The number of carbonyl (C=O) groups is 2. The Morgan fingerprint density at radius 2 is 1.22 bits per heavy atom. The summed E-state index contributed by atoms with van der Waals surface area (Å²) in [5.41, 5.74) is 2.46. The minimum atomic E-state index is -0.597. The van der Waals surface area contributed by atoms with Crippen molar-refractivity contribution in [2.75, 3.05) is 0 Å². The van der Waals surface area contributed by atoms with Gasteiger partial charge in [-0.25, -0.2) is 0 Å². The van der Waals surface area contributed by atoms with Crippen LogP contribution in [0.1, 0.15) is 88.7 Å². The lowest BCUT2D eigenvalue weighted by molar-refractivity contribution is -0.143. The van der Waals surface area contributed by atoms with Gasteiger partial charge in [0.2, 0.25) is 0 Å². The highest BCUT2D eigenvalue weighted by Crippen LogP contribution is 2.51. The van der Waals surface area contributed by atoms with E-state index >= 15 is 0 Å². The van der Waals surface area contributed by atoms with Crippen LogP contribution in [0.4, 0.5) is 0 Å². The fourth-order valence-electron chi connectivity index (χ4n) is 4.29. The van der Waals surface area contributed by atoms with Gasteiger partial charge in [0.25, 0.3) is 0 Å². The number of hydrogen-bond donors (Lipinski definition) is 1. The molecule has 2 aliphatic carbocycles. The first-order valence-corrected chi connectivity index (χ1v) is 10.8. The van der Waals surface area contributed by atoms with Crippen molar-refractivity contribution < 1.29 is 14.7 Å². The first-order valence-electron chi connectivity index (χ1n) is 10.8. The van der Waals surface area contributed by atoms with E-state index in [-0.39, 0.29) is 10.8 Å². The molecule has 0 bridgehead atoms. The number of carboxylic acid groups (broad SMARTS) is 1. The molecule has 0 amide bonds. The van der Waals surface area contributed by atoms with E-state index in [0.717, 1.165) is 64.2 Å². The van der Waals surface area contributed by atoms with Crippen LogP contribution in [0, 0.1) is 10.8 Å². The van der Waals surface area contributed by atoms with Gasteiger partial charge in [0.1, 0.15) is 5.78 Å². The minimum absolute atomic E-state index is 0.0747. The lowest BCUT2D eigenvalue weighted by atomic mass is 9.93. The minimum Gasteiger partial charge on any atom is -0.481 e. The maximum Gasteiger partial charge on any atom is 0.309 e. The van der Waals surface area contributed by atoms with E-state index in [1.807, 2.05) is 0 Å². The summed E-state index contributed by atoms with van der Waals surface area (Å²) in [4.78, 5) is 22.8. The number of benzene rings is 1. The maximum atomic E-state index is 11.6. The van der Waals surface area contributed by atoms with Crippen LogP contribution < -0.4 is 0 Å². The second kappa shape index (κ2) is 8.58. The van der Waals surface area contributed by atoms with Gasteiger partial charge in [-0.1, -0.05) is 43.5 Å². The maximum absolute atomic E-state index is 11.6. The molecule has 3 nitrogen and oxygen atoms in total. The molecule has 1 N–H and O–H groups in total. The molecule has 1 aromatic rings. The molecular weight excluding hydrogens is 336 g/mol. The van der Waals surface area contributed by atoms with Crippen LogP contribution in [0.15, 0.2) is 24.3 Å². The standard InChI is InChI=1S/C24H34O3/c1-19(25)23(15-16-23)13-5-2-3-7-20-9-11-21(12-10-20)8-4-6-14-24(17-18-24)22(26)27/h9-12H,2-8,13-18H2,1H3,(H,26,27). The van der Waals surface area contributed by atoms with Crippen LogP contribution >= 0.6 is 0 Å². The fourth-order valence-corrected chi connectivity index (χ4v) is 4.29. The summed E-state index contributed by atoms with van der Waals surface area (Å²) in [6.07, 6.45) is 13.7. The van der Waals surface area contributed by atoms with Crippen molar-refractivity contribution in [3.8, 4) is 0 Å².